The minimum Gasteiger partial charge on any atom is -0.493 e. The molecule has 1 fully saturated rings. The largest absolute Gasteiger partial charge is 0.493 e. The van der Waals surface area contributed by atoms with Crippen LogP contribution in [-0.4, -0.2) is 64.5 Å². The Hall–Kier alpha value is -2.77. The predicted molar refractivity (Wildman–Crippen MR) is 115 cm³/mol. The third kappa shape index (κ3) is 5.23. The highest BCUT2D eigenvalue weighted by Gasteiger charge is 2.25. The lowest BCUT2D eigenvalue weighted by Crippen LogP contribution is -2.43. The van der Waals surface area contributed by atoms with Crippen molar-refractivity contribution in [1.82, 2.24) is 10.2 Å². The average molecular weight is 415 g/mol. The monoisotopic (exact) mass is 414 g/mol. The van der Waals surface area contributed by atoms with E-state index in [-0.39, 0.29) is 11.9 Å². The van der Waals surface area contributed by atoms with Gasteiger partial charge in [-0.3, -0.25) is 9.69 Å². The molecule has 0 aliphatic carbocycles. The van der Waals surface area contributed by atoms with Gasteiger partial charge < -0.3 is 24.3 Å². The molecule has 1 atom stereocenters. The molecule has 7 heteroatoms. The van der Waals surface area contributed by atoms with E-state index < -0.39 is 0 Å². The van der Waals surface area contributed by atoms with Crippen LogP contribution in [0.15, 0.2) is 42.5 Å². The number of rotatable bonds is 9. The Morgan fingerprint density at radius 2 is 1.80 bits per heavy atom. The fourth-order valence-corrected chi connectivity index (χ4v) is 3.63. The molecule has 30 heavy (non-hydrogen) atoms. The van der Waals surface area contributed by atoms with Gasteiger partial charge in [-0.05, 0) is 36.8 Å². The second-order valence-corrected chi connectivity index (χ2v) is 6.92. The van der Waals surface area contributed by atoms with Crippen LogP contribution in [0, 0.1) is 0 Å². The van der Waals surface area contributed by atoms with Crippen molar-refractivity contribution in [2.45, 2.75) is 13.0 Å². The second kappa shape index (κ2) is 10.8. The SMILES string of the molecule is CCOc1ccccc1C(=O)NCC(c1ccc(OC)c(OC)c1)N1CCOCC1. The Labute approximate surface area is 177 Å². The van der Waals surface area contributed by atoms with E-state index in [9.17, 15) is 4.79 Å². The molecule has 2 aromatic rings. The van der Waals surface area contributed by atoms with Gasteiger partial charge in [-0.25, -0.2) is 0 Å². The first-order chi connectivity index (χ1) is 14.7. The van der Waals surface area contributed by atoms with Crippen molar-refractivity contribution in [2.24, 2.45) is 0 Å². The molecule has 1 aliphatic heterocycles. The predicted octanol–water partition coefficient (Wildman–Crippen LogP) is 2.91. The first-order valence-electron chi connectivity index (χ1n) is 10.2. The van der Waals surface area contributed by atoms with Crippen LogP contribution >= 0.6 is 0 Å². The van der Waals surface area contributed by atoms with Gasteiger partial charge in [0.05, 0.1) is 45.6 Å². The highest BCUT2D eigenvalue weighted by molar-refractivity contribution is 5.96. The minimum absolute atomic E-state index is 0.0167. The third-order valence-corrected chi connectivity index (χ3v) is 5.17. The lowest BCUT2D eigenvalue weighted by atomic mass is 10.0. The van der Waals surface area contributed by atoms with E-state index in [1.807, 2.05) is 43.3 Å². The molecule has 1 N–H and O–H groups in total. The molecule has 3 rings (SSSR count). The summed E-state index contributed by atoms with van der Waals surface area (Å²) in [5.74, 6) is 1.78. The molecule has 0 radical (unpaired) electrons. The normalized spacial score (nSPS) is 15.3. The summed E-state index contributed by atoms with van der Waals surface area (Å²) in [6.45, 7) is 5.80. The maximum atomic E-state index is 12.9. The number of hydrogen-bond donors (Lipinski definition) is 1. The number of carbonyl (C=O) groups excluding carboxylic acids is 1. The van der Waals surface area contributed by atoms with Crippen molar-refractivity contribution in [3.05, 3.63) is 53.6 Å². The fraction of sp³-hybridized carbons (Fsp3) is 0.435. The van der Waals surface area contributed by atoms with Crippen LogP contribution in [0.25, 0.3) is 0 Å². The topological polar surface area (TPSA) is 69.3 Å². The summed E-state index contributed by atoms with van der Waals surface area (Å²) in [6, 6.07) is 13.2. The summed E-state index contributed by atoms with van der Waals surface area (Å²) >= 11 is 0. The zero-order valence-electron chi connectivity index (χ0n) is 17.8. The molecular formula is C23H30N2O5. The van der Waals surface area contributed by atoms with E-state index in [1.165, 1.54) is 0 Å². The van der Waals surface area contributed by atoms with Gasteiger partial charge in [0.25, 0.3) is 5.91 Å². The molecule has 162 valence electrons. The average Bonchev–Trinajstić information content (AvgIpc) is 2.80. The maximum absolute atomic E-state index is 12.9. The van der Waals surface area contributed by atoms with Crippen LogP contribution in [0.1, 0.15) is 28.9 Å². The highest BCUT2D eigenvalue weighted by Crippen LogP contribution is 2.32. The Morgan fingerprint density at radius 3 is 2.50 bits per heavy atom. The van der Waals surface area contributed by atoms with Gasteiger partial charge in [0.15, 0.2) is 11.5 Å². The van der Waals surface area contributed by atoms with Crippen molar-refractivity contribution >= 4 is 5.91 Å². The zero-order chi connectivity index (χ0) is 21.3. The van der Waals surface area contributed by atoms with Gasteiger partial charge in [0.2, 0.25) is 0 Å². The van der Waals surface area contributed by atoms with Crippen LogP contribution in [0.5, 0.6) is 17.2 Å². The minimum atomic E-state index is -0.155. The van der Waals surface area contributed by atoms with Crippen molar-refractivity contribution in [3.63, 3.8) is 0 Å². The van der Waals surface area contributed by atoms with Crippen LogP contribution in [0.3, 0.4) is 0 Å². The number of methoxy groups -OCH3 is 2. The number of carbonyl (C=O) groups is 1. The Balaban J connectivity index is 1.81. The lowest BCUT2D eigenvalue weighted by molar-refractivity contribution is 0.0162. The summed E-state index contributed by atoms with van der Waals surface area (Å²) < 4.78 is 22.0. The van der Waals surface area contributed by atoms with Crippen molar-refractivity contribution in [2.75, 3.05) is 53.7 Å². The molecule has 1 amide bonds. The molecule has 1 aliphatic rings. The number of hydrogen-bond acceptors (Lipinski definition) is 6. The van der Waals surface area contributed by atoms with E-state index in [0.29, 0.717) is 49.2 Å². The molecule has 1 unspecified atom stereocenters. The van der Waals surface area contributed by atoms with Crippen molar-refractivity contribution < 1.29 is 23.7 Å². The first-order valence-corrected chi connectivity index (χ1v) is 10.2. The molecule has 0 spiro atoms. The Morgan fingerprint density at radius 1 is 1.07 bits per heavy atom. The van der Waals surface area contributed by atoms with E-state index in [1.54, 1.807) is 20.3 Å². The number of nitrogens with zero attached hydrogens (tertiary/aromatic N) is 1. The van der Waals surface area contributed by atoms with Gasteiger partial charge >= 0.3 is 0 Å². The molecule has 7 nitrogen and oxygen atoms in total. The highest BCUT2D eigenvalue weighted by atomic mass is 16.5. The van der Waals surface area contributed by atoms with Gasteiger partial charge in [0.1, 0.15) is 5.75 Å². The van der Waals surface area contributed by atoms with Crippen LogP contribution in [0.2, 0.25) is 0 Å². The Bertz CT molecular complexity index is 836. The van der Waals surface area contributed by atoms with E-state index >= 15 is 0 Å². The summed E-state index contributed by atoms with van der Waals surface area (Å²) in [4.78, 5) is 15.2. The summed E-state index contributed by atoms with van der Waals surface area (Å²) in [5.41, 5.74) is 1.58. The third-order valence-electron chi connectivity index (χ3n) is 5.17. The van der Waals surface area contributed by atoms with E-state index in [2.05, 4.69) is 10.2 Å². The van der Waals surface area contributed by atoms with Gasteiger partial charge in [-0.15, -0.1) is 0 Å². The summed E-state index contributed by atoms with van der Waals surface area (Å²) in [7, 11) is 3.24. The molecule has 2 aromatic carbocycles. The summed E-state index contributed by atoms with van der Waals surface area (Å²) in [5, 5.41) is 3.09. The molecule has 0 saturated carbocycles. The number of ether oxygens (including phenoxy) is 4. The zero-order valence-corrected chi connectivity index (χ0v) is 17.8. The van der Waals surface area contributed by atoms with Gasteiger partial charge in [-0.1, -0.05) is 18.2 Å². The smallest absolute Gasteiger partial charge is 0.255 e. The number of nitrogens with one attached hydrogen (secondary N) is 1. The maximum Gasteiger partial charge on any atom is 0.255 e. The van der Waals surface area contributed by atoms with Gasteiger partial charge in [0, 0.05) is 19.6 Å². The molecule has 1 saturated heterocycles. The number of morpholine rings is 1. The summed E-state index contributed by atoms with van der Waals surface area (Å²) in [6.07, 6.45) is 0. The van der Waals surface area contributed by atoms with Crippen LogP contribution < -0.4 is 19.5 Å². The number of para-hydroxylation sites is 1. The second-order valence-electron chi connectivity index (χ2n) is 6.92. The molecule has 1 heterocycles. The fourth-order valence-electron chi connectivity index (χ4n) is 3.63. The van der Waals surface area contributed by atoms with Crippen LogP contribution in [0.4, 0.5) is 0 Å². The van der Waals surface area contributed by atoms with Gasteiger partial charge in [-0.2, -0.15) is 0 Å². The quantitative estimate of drug-likeness (QED) is 0.681. The van der Waals surface area contributed by atoms with Crippen molar-refractivity contribution in [3.8, 4) is 17.2 Å². The van der Waals surface area contributed by atoms with Crippen LogP contribution in [-0.2, 0) is 4.74 Å². The van der Waals surface area contributed by atoms with E-state index in [0.717, 1.165) is 18.7 Å². The lowest BCUT2D eigenvalue weighted by Gasteiger charge is -2.35. The Kier molecular flexibility index (Phi) is 7.93. The number of amides is 1. The van der Waals surface area contributed by atoms with E-state index in [4.69, 9.17) is 18.9 Å². The van der Waals surface area contributed by atoms with Crippen molar-refractivity contribution in [1.29, 1.82) is 0 Å². The molecule has 0 bridgehead atoms. The number of benzene rings is 2. The molecule has 0 aromatic heterocycles. The first kappa shape index (κ1) is 21.9. The standard InChI is InChI=1S/C23H30N2O5/c1-4-30-20-8-6-5-7-18(20)23(26)24-16-19(25-11-13-29-14-12-25)17-9-10-21(27-2)22(15-17)28-3/h5-10,15,19H,4,11-14,16H2,1-3H3,(H,24,26). The molecular weight excluding hydrogens is 384 g/mol.